The van der Waals surface area contributed by atoms with Gasteiger partial charge in [-0.05, 0) is 69.2 Å². The van der Waals surface area contributed by atoms with Crippen molar-refractivity contribution in [1.82, 2.24) is 4.90 Å². The van der Waals surface area contributed by atoms with E-state index in [4.69, 9.17) is 4.74 Å². The topological polar surface area (TPSA) is 12.5 Å². The fraction of sp³-hybridized carbons (Fsp3) is 1.00. The summed E-state index contributed by atoms with van der Waals surface area (Å²) >= 11 is 0. The van der Waals surface area contributed by atoms with Gasteiger partial charge in [0.15, 0.2) is 0 Å². The van der Waals surface area contributed by atoms with Crippen LogP contribution in [0.15, 0.2) is 0 Å². The molecule has 138 valence electrons. The summed E-state index contributed by atoms with van der Waals surface area (Å²) in [5, 5.41) is 0. The first kappa shape index (κ1) is 21.0. The van der Waals surface area contributed by atoms with E-state index in [1.54, 1.807) is 0 Å². The third-order valence-electron chi connectivity index (χ3n) is 5.22. The van der Waals surface area contributed by atoms with Crippen molar-refractivity contribution in [3.8, 4) is 0 Å². The first-order valence-electron chi connectivity index (χ1n) is 9.67. The van der Waals surface area contributed by atoms with Gasteiger partial charge in [-0.1, -0.05) is 41.5 Å². The van der Waals surface area contributed by atoms with E-state index in [-0.39, 0.29) is 5.60 Å². The molecule has 0 radical (unpaired) electrons. The van der Waals surface area contributed by atoms with Crippen molar-refractivity contribution in [2.24, 2.45) is 22.7 Å². The van der Waals surface area contributed by atoms with Crippen LogP contribution in [0.5, 0.6) is 0 Å². The van der Waals surface area contributed by atoms with E-state index in [0.717, 1.165) is 25.0 Å². The number of likely N-dealkylation sites (tertiary alicyclic amines) is 1. The number of nitrogens with zero attached hydrogens (tertiary/aromatic N) is 1. The van der Waals surface area contributed by atoms with Crippen molar-refractivity contribution >= 4 is 0 Å². The molecule has 2 nitrogen and oxygen atoms in total. The molecule has 1 aliphatic heterocycles. The second-order valence-corrected chi connectivity index (χ2v) is 10.7. The minimum Gasteiger partial charge on any atom is -0.375 e. The summed E-state index contributed by atoms with van der Waals surface area (Å²) in [6, 6.07) is 0. The Hall–Kier alpha value is -0.0800. The van der Waals surface area contributed by atoms with Gasteiger partial charge in [-0.3, -0.25) is 0 Å². The molecule has 1 unspecified atom stereocenters. The molecule has 1 heterocycles. The van der Waals surface area contributed by atoms with Gasteiger partial charge in [0.2, 0.25) is 0 Å². The Morgan fingerprint density at radius 2 is 1.65 bits per heavy atom. The van der Waals surface area contributed by atoms with E-state index in [9.17, 15) is 0 Å². The maximum Gasteiger partial charge on any atom is 0.0600 e. The lowest BCUT2D eigenvalue weighted by atomic mass is 9.66. The Bertz CT molecular complexity index is 351. The summed E-state index contributed by atoms with van der Waals surface area (Å²) in [4.78, 5) is 2.60. The van der Waals surface area contributed by atoms with Crippen LogP contribution in [0, 0.1) is 22.7 Å². The van der Waals surface area contributed by atoms with E-state index in [0.29, 0.717) is 10.8 Å². The summed E-state index contributed by atoms with van der Waals surface area (Å²) in [5.74, 6) is 1.61. The van der Waals surface area contributed by atoms with Crippen LogP contribution in [0.3, 0.4) is 0 Å². The van der Waals surface area contributed by atoms with E-state index < -0.39 is 0 Å². The minimum absolute atomic E-state index is 0.0146. The number of rotatable bonds is 8. The quantitative estimate of drug-likeness (QED) is 0.575. The smallest absolute Gasteiger partial charge is 0.0600 e. The van der Waals surface area contributed by atoms with Crippen molar-refractivity contribution in [2.45, 2.75) is 87.2 Å². The Kier molecular flexibility index (Phi) is 7.17. The molecule has 1 aliphatic rings. The second kappa shape index (κ2) is 7.87. The lowest BCUT2D eigenvalue weighted by Gasteiger charge is -2.40. The van der Waals surface area contributed by atoms with Gasteiger partial charge in [0.05, 0.1) is 12.2 Å². The molecule has 23 heavy (non-hydrogen) atoms. The average molecular weight is 326 g/mol. The predicted molar refractivity (Wildman–Crippen MR) is 102 cm³/mol. The second-order valence-electron chi connectivity index (χ2n) is 10.7. The molecule has 0 aromatic heterocycles. The van der Waals surface area contributed by atoms with Crippen molar-refractivity contribution < 1.29 is 4.74 Å². The van der Waals surface area contributed by atoms with Gasteiger partial charge in [-0.25, -0.2) is 0 Å². The summed E-state index contributed by atoms with van der Waals surface area (Å²) < 4.78 is 5.89. The van der Waals surface area contributed by atoms with Gasteiger partial charge < -0.3 is 9.64 Å². The molecule has 1 rings (SSSR count). The first-order chi connectivity index (χ1) is 10.3. The highest BCUT2D eigenvalue weighted by atomic mass is 16.5. The van der Waals surface area contributed by atoms with Crippen LogP contribution in [0.2, 0.25) is 0 Å². The zero-order valence-electron chi connectivity index (χ0n) is 17.5. The zero-order valence-corrected chi connectivity index (χ0v) is 17.5. The fourth-order valence-corrected chi connectivity index (χ4v) is 4.71. The Morgan fingerprint density at radius 3 is 2.17 bits per heavy atom. The largest absolute Gasteiger partial charge is 0.375 e. The third kappa shape index (κ3) is 8.03. The summed E-state index contributed by atoms with van der Waals surface area (Å²) in [7, 11) is 0. The molecule has 0 aromatic carbocycles. The van der Waals surface area contributed by atoms with E-state index in [1.165, 1.54) is 32.4 Å². The van der Waals surface area contributed by atoms with Crippen LogP contribution >= 0.6 is 0 Å². The van der Waals surface area contributed by atoms with Crippen LogP contribution in [-0.2, 0) is 4.74 Å². The average Bonchev–Trinajstić information content (AvgIpc) is 2.72. The van der Waals surface area contributed by atoms with E-state index in [1.807, 2.05) is 0 Å². The third-order valence-corrected chi connectivity index (χ3v) is 5.22. The summed E-state index contributed by atoms with van der Waals surface area (Å²) in [5.41, 5.74) is 0.859. The SMILES string of the molecule is CC(C)CC(C)(C)CC(C)(C)C1CCN(CCOC(C)(C)C)C1. The molecule has 0 spiro atoms. The molecule has 1 saturated heterocycles. The van der Waals surface area contributed by atoms with Crippen LogP contribution in [0.4, 0.5) is 0 Å². The maximum absolute atomic E-state index is 5.89. The minimum atomic E-state index is -0.0146. The van der Waals surface area contributed by atoms with Crippen LogP contribution in [0.25, 0.3) is 0 Å². The molecule has 0 N–H and O–H groups in total. The highest BCUT2D eigenvalue weighted by molar-refractivity contribution is 4.90. The van der Waals surface area contributed by atoms with Crippen molar-refractivity contribution in [2.75, 3.05) is 26.2 Å². The predicted octanol–water partition coefficient (Wildman–Crippen LogP) is 5.61. The molecule has 2 heteroatoms. The van der Waals surface area contributed by atoms with E-state index in [2.05, 4.69) is 67.2 Å². The number of ether oxygens (including phenoxy) is 1. The molecule has 0 amide bonds. The standard InChI is InChI=1S/C21H43NO/c1-17(2)14-20(6,7)16-21(8,9)18-10-11-22(15-18)12-13-23-19(3,4)5/h17-18H,10-16H2,1-9H3. The van der Waals surface area contributed by atoms with Gasteiger partial charge in [0.25, 0.3) is 0 Å². The highest BCUT2D eigenvalue weighted by Gasteiger charge is 2.38. The van der Waals surface area contributed by atoms with Gasteiger partial charge >= 0.3 is 0 Å². The number of hydrogen-bond acceptors (Lipinski definition) is 2. The van der Waals surface area contributed by atoms with Crippen LogP contribution in [-0.4, -0.2) is 36.7 Å². The molecule has 0 aromatic rings. The van der Waals surface area contributed by atoms with Crippen LogP contribution < -0.4 is 0 Å². The normalized spacial score (nSPS) is 21.4. The lowest BCUT2D eigenvalue weighted by molar-refractivity contribution is -0.0120. The maximum atomic E-state index is 5.89. The van der Waals surface area contributed by atoms with E-state index >= 15 is 0 Å². The van der Waals surface area contributed by atoms with Gasteiger partial charge in [-0.2, -0.15) is 0 Å². The molecule has 1 fully saturated rings. The zero-order chi connectivity index (χ0) is 17.9. The van der Waals surface area contributed by atoms with Crippen molar-refractivity contribution in [3.63, 3.8) is 0 Å². The Morgan fingerprint density at radius 1 is 1.04 bits per heavy atom. The molecular weight excluding hydrogens is 282 g/mol. The Labute approximate surface area is 146 Å². The monoisotopic (exact) mass is 325 g/mol. The van der Waals surface area contributed by atoms with Crippen LogP contribution in [0.1, 0.15) is 81.6 Å². The summed E-state index contributed by atoms with van der Waals surface area (Å²) in [6.07, 6.45) is 4.00. The fourth-order valence-electron chi connectivity index (χ4n) is 4.71. The lowest BCUT2D eigenvalue weighted by Crippen LogP contribution is -2.34. The number of hydrogen-bond donors (Lipinski definition) is 0. The molecule has 0 bridgehead atoms. The summed E-state index contributed by atoms with van der Waals surface area (Å²) in [6.45, 7) is 25.4. The molecule has 1 atom stereocenters. The Balaban J connectivity index is 2.47. The molecule has 0 aliphatic carbocycles. The van der Waals surface area contributed by atoms with Crippen molar-refractivity contribution in [3.05, 3.63) is 0 Å². The van der Waals surface area contributed by atoms with Gasteiger partial charge in [0, 0.05) is 13.1 Å². The highest BCUT2D eigenvalue weighted by Crippen LogP contribution is 2.45. The van der Waals surface area contributed by atoms with Gasteiger partial charge in [0.1, 0.15) is 0 Å². The first-order valence-corrected chi connectivity index (χ1v) is 9.67. The van der Waals surface area contributed by atoms with Gasteiger partial charge in [-0.15, -0.1) is 0 Å². The molecular formula is C21H43NO. The van der Waals surface area contributed by atoms with Crippen molar-refractivity contribution in [1.29, 1.82) is 0 Å². The molecule has 0 saturated carbocycles.